The molecule has 3 nitrogen and oxygen atoms in total. The van der Waals surface area contributed by atoms with E-state index in [0.29, 0.717) is 0 Å². The third-order valence-electron chi connectivity index (χ3n) is 2.44. The molecule has 2 rings (SSSR count). The number of rotatable bonds is 1. The molecule has 0 N–H and O–H groups in total. The summed E-state index contributed by atoms with van der Waals surface area (Å²) in [7, 11) is 1.96. The minimum atomic E-state index is -0.0681. The molecule has 1 atom stereocenters. The summed E-state index contributed by atoms with van der Waals surface area (Å²) in [5.41, 5.74) is 3.07. The smallest absolute Gasteiger partial charge is 0.0955 e. The highest BCUT2D eigenvalue weighted by molar-refractivity contribution is 5.76. The number of fused-ring (bicyclic) bond motifs is 1. The summed E-state index contributed by atoms with van der Waals surface area (Å²) in [4.78, 5) is 4.25. The van der Waals surface area contributed by atoms with E-state index in [4.69, 9.17) is 5.26 Å². The molecule has 0 spiro atoms. The van der Waals surface area contributed by atoms with Crippen LogP contribution in [0.25, 0.3) is 11.0 Å². The van der Waals surface area contributed by atoms with Crippen LogP contribution in [0.2, 0.25) is 0 Å². The topological polar surface area (TPSA) is 41.6 Å². The standard InChI is InChI=1S/C11H11N3/c1-8(6-12)9-3-4-11-10(5-9)13-7-14(11)2/h3-5,7-8H,1-2H3. The lowest BCUT2D eigenvalue weighted by atomic mass is 10.0. The van der Waals surface area contributed by atoms with E-state index in [1.54, 1.807) is 6.33 Å². The molecule has 0 bridgehead atoms. The van der Waals surface area contributed by atoms with Crippen molar-refractivity contribution < 1.29 is 0 Å². The first-order valence-electron chi connectivity index (χ1n) is 4.53. The lowest BCUT2D eigenvalue weighted by Gasteiger charge is -2.02. The van der Waals surface area contributed by atoms with E-state index in [-0.39, 0.29) is 5.92 Å². The van der Waals surface area contributed by atoms with Crippen molar-refractivity contribution in [3.63, 3.8) is 0 Å². The van der Waals surface area contributed by atoms with Crippen LogP contribution in [0.4, 0.5) is 0 Å². The van der Waals surface area contributed by atoms with Gasteiger partial charge in [0.15, 0.2) is 0 Å². The van der Waals surface area contributed by atoms with Gasteiger partial charge in [-0.15, -0.1) is 0 Å². The van der Waals surface area contributed by atoms with Gasteiger partial charge in [-0.3, -0.25) is 0 Å². The Labute approximate surface area is 82.6 Å². The van der Waals surface area contributed by atoms with E-state index in [1.165, 1.54) is 0 Å². The van der Waals surface area contributed by atoms with Crippen LogP contribution in [0.15, 0.2) is 24.5 Å². The minimum Gasteiger partial charge on any atom is -0.334 e. The maximum Gasteiger partial charge on any atom is 0.0955 e. The molecule has 2 aromatic rings. The number of hydrogen-bond acceptors (Lipinski definition) is 2. The molecule has 0 aliphatic heterocycles. The third-order valence-corrected chi connectivity index (χ3v) is 2.44. The van der Waals surface area contributed by atoms with Gasteiger partial charge in [0, 0.05) is 7.05 Å². The summed E-state index contributed by atoms with van der Waals surface area (Å²) in [6, 6.07) is 8.18. The zero-order valence-corrected chi connectivity index (χ0v) is 8.23. The zero-order valence-electron chi connectivity index (χ0n) is 8.23. The molecule has 0 saturated heterocycles. The fraction of sp³-hybridized carbons (Fsp3) is 0.273. The lowest BCUT2D eigenvalue weighted by Crippen LogP contribution is -1.89. The summed E-state index contributed by atoms with van der Waals surface area (Å²) in [6.45, 7) is 1.89. The molecule has 0 fully saturated rings. The molecule has 0 aliphatic rings. The van der Waals surface area contributed by atoms with E-state index in [9.17, 15) is 0 Å². The van der Waals surface area contributed by atoms with Crippen LogP contribution in [0.5, 0.6) is 0 Å². The van der Waals surface area contributed by atoms with Gasteiger partial charge in [-0.25, -0.2) is 4.98 Å². The normalized spacial score (nSPS) is 12.6. The van der Waals surface area contributed by atoms with Crippen molar-refractivity contribution in [3.8, 4) is 6.07 Å². The number of hydrogen-bond donors (Lipinski definition) is 0. The zero-order chi connectivity index (χ0) is 10.1. The molecular weight excluding hydrogens is 174 g/mol. The van der Waals surface area contributed by atoms with Crippen molar-refractivity contribution in [1.29, 1.82) is 5.26 Å². The number of aromatic nitrogens is 2. The molecule has 1 aromatic carbocycles. The van der Waals surface area contributed by atoms with E-state index < -0.39 is 0 Å². The molecule has 70 valence electrons. The molecule has 1 unspecified atom stereocenters. The van der Waals surface area contributed by atoms with Gasteiger partial charge in [0.05, 0.1) is 29.3 Å². The highest BCUT2D eigenvalue weighted by Crippen LogP contribution is 2.19. The predicted molar refractivity (Wildman–Crippen MR) is 54.7 cm³/mol. The SMILES string of the molecule is CC(C#N)c1ccc2c(c1)ncn2C. The Morgan fingerprint density at radius 3 is 3.00 bits per heavy atom. The van der Waals surface area contributed by atoms with Crippen LogP contribution >= 0.6 is 0 Å². The van der Waals surface area contributed by atoms with Crippen LogP contribution in [-0.4, -0.2) is 9.55 Å². The van der Waals surface area contributed by atoms with Crippen LogP contribution in [0.1, 0.15) is 18.4 Å². The monoisotopic (exact) mass is 185 g/mol. The Morgan fingerprint density at radius 2 is 2.29 bits per heavy atom. The van der Waals surface area contributed by atoms with Crippen LogP contribution in [-0.2, 0) is 7.05 Å². The molecule has 0 radical (unpaired) electrons. The third kappa shape index (κ3) is 1.25. The van der Waals surface area contributed by atoms with Crippen LogP contribution < -0.4 is 0 Å². The van der Waals surface area contributed by atoms with Crippen molar-refractivity contribution in [1.82, 2.24) is 9.55 Å². The Morgan fingerprint density at radius 1 is 1.50 bits per heavy atom. The fourth-order valence-electron chi connectivity index (χ4n) is 1.50. The number of aryl methyl sites for hydroxylation is 1. The van der Waals surface area contributed by atoms with Crippen LogP contribution in [0.3, 0.4) is 0 Å². The Balaban J connectivity index is 2.58. The highest BCUT2D eigenvalue weighted by Gasteiger charge is 2.06. The van der Waals surface area contributed by atoms with Crippen molar-refractivity contribution >= 4 is 11.0 Å². The second-order valence-corrected chi connectivity index (χ2v) is 3.45. The van der Waals surface area contributed by atoms with Crippen molar-refractivity contribution in [3.05, 3.63) is 30.1 Å². The number of nitriles is 1. The van der Waals surface area contributed by atoms with Gasteiger partial charge < -0.3 is 4.57 Å². The van der Waals surface area contributed by atoms with Gasteiger partial charge in [-0.05, 0) is 24.6 Å². The van der Waals surface area contributed by atoms with Crippen molar-refractivity contribution in [2.45, 2.75) is 12.8 Å². The fourth-order valence-corrected chi connectivity index (χ4v) is 1.50. The summed E-state index contributed by atoms with van der Waals surface area (Å²) in [6.07, 6.45) is 1.78. The van der Waals surface area contributed by atoms with Gasteiger partial charge >= 0.3 is 0 Å². The molecule has 14 heavy (non-hydrogen) atoms. The van der Waals surface area contributed by atoms with Gasteiger partial charge in [-0.2, -0.15) is 5.26 Å². The molecule has 0 aliphatic carbocycles. The van der Waals surface area contributed by atoms with Crippen molar-refractivity contribution in [2.24, 2.45) is 7.05 Å². The number of imidazole rings is 1. The van der Waals surface area contributed by atoms with E-state index >= 15 is 0 Å². The molecule has 0 saturated carbocycles. The van der Waals surface area contributed by atoms with Gasteiger partial charge in [0.1, 0.15) is 0 Å². The second kappa shape index (κ2) is 3.15. The minimum absolute atomic E-state index is 0.0681. The summed E-state index contributed by atoms with van der Waals surface area (Å²) < 4.78 is 1.97. The molecular formula is C11H11N3. The van der Waals surface area contributed by atoms with Gasteiger partial charge in [-0.1, -0.05) is 6.07 Å². The summed E-state index contributed by atoms with van der Waals surface area (Å²) in [5.74, 6) is -0.0681. The summed E-state index contributed by atoms with van der Waals surface area (Å²) >= 11 is 0. The highest BCUT2D eigenvalue weighted by atomic mass is 15.0. The quantitative estimate of drug-likeness (QED) is 0.683. The summed E-state index contributed by atoms with van der Waals surface area (Å²) in [5, 5.41) is 8.79. The molecule has 1 heterocycles. The maximum absolute atomic E-state index is 8.79. The predicted octanol–water partition coefficient (Wildman–Crippen LogP) is 2.20. The molecule has 0 amide bonds. The van der Waals surface area contributed by atoms with Gasteiger partial charge in [0.25, 0.3) is 0 Å². The number of benzene rings is 1. The lowest BCUT2D eigenvalue weighted by molar-refractivity contribution is 0.946. The van der Waals surface area contributed by atoms with E-state index in [2.05, 4.69) is 11.1 Å². The van der Waals surface area contributed by atoms with Gasteiger partial charge in [0.2, 0.25) is 0 Å². The average molecular weight is 185 g/mol. The first-order valence-corrected chi connectivity index (χ1v) is 4.53. The van der Waals surface area contributed by atoms with E-state index in [1.807, 2.05) is 36.7 Å². The Kier molecular flexibility index (Phi) is 1.97. The Hall–Kier alpha value is -1.82. The second-order valence-electron chi connectivity index (χ2n) is 3.45. The van der Waals surface area contributed by atoms with Crippen molar-refractivity contribution in [2.75, 3.05) is 0 Å². The first-order chi connectivity index (χ1) is 6.72. The molecule has 3 heteroatoms. The largest absolute Gasteiger partial charge is 0.334 e. The first kappa shape index (κ1) is 8.76. The Bertz CT molecular complexity index is 505. The number of nitrogens with zero attached hydrogens (tertiary/aromatic N) is 3. The van der Waals surface area contributed by atoms with E-state index in [0.717, 1.165) is 16.6 Å². The molecule has 1 aromatic heterocycles. The maximum atomic E-state index is 8.79. The average Bonchev–Trinajstić information content (AvgIpc) is 2.59. The van der Waals surface area contributed by atoms with Crippen LogP contribution in [0, 0.1) is 11.3 Å².